The molecule has 7 rings (SSSR count). The molecule has 2 aromatic carbocycles. The molecule has 4 atom stereocenters. The Balaban J connectivity index is 1.04. The molecule has 3 fully saturated rings. The van der Waals surface area contributed by atoms with Crippen molar-refractivity contribution in [3.8, 4) is 33.6 Å². The van der Waals surface area contributed by atoms with Crippen LogP contribution in [-0.4, -0.2) is 108 Å². The van der Waals surface area contributed by atoms with Gasteiger partial charge >= 0.3 is 12.2 Å². The third-order valence-corrected chi connectivity index (χ3v) is 12.5. The van der Waals surface area contributed by atoms with E-state index < -0.39 is 47.7 Å². The van der Waals surface area contributed by atoms with E-state index in [9.17, 15) is 33.1 Å². The molecule has 0 bridgehead atoms. The van der Waals surface area contributed by atoms with Crippen LogP contribution >= 0.6 is 0 Å². The average Bonchev–Trinajstić information content (AvgIpc) is 4.07. The number of nitrogens with zero attached hydrogens (tertiary/aromatic N) is 5. The summed E-state index contributed by atoms with van der Waals surface area (Å²) in [4.78, 5) is 71.9. The maximum Gasteiger partial charge on any atom is 0.407 e. The number of ether oxygens (including phenoxy) is 1. The number of hydrogen-bond acceptors (Lipinski definition) is 7. The first-order valence-corrected chi connectivity index (χ1v) is 20.2. The largest absolute Gasteiger partial charge is 0.465 e. The number of rotatable bonds is 10. The zero-order valence-corrected chi connectivity index (χ0v) is 34.0. The molecule has 2 unspecified atom stereocenters. The van der Waals surface area contributed by atoms with E-state index in [0.29, 0.717) is 36.7 Å². The molecule has 14 nitrogen and oxygen atoms in total. The molecule has 3 aliphatic rings. The van der Waals surface area contributed by atoms with E-state index in [4.69, 9.17) is 14.7 Å². The summed E-state index contributed by atoms with van der Waals surface area (Å²) in [5.74, 6) is -2.26. The minimum atomic E-state index is -2.79. The third kappa shape index (κ3) is 8.26. The van der Waals surface area contributed by atoms with Crippen molar-refractivity contribution in [2.24, 2.45) is 5.92 Å². The number of nitrogens with one attached hydrogen (secondary N) is 3. The molecule has 16 heteroatoms. The smallest absolute Gasteiger partial charge is 0.407 e. The van der Waals surface area contributed by atoms with Crippen LogP contribution in [0.5, 0.6) is 0 Å². The molecule has 4 amide bonds. The van der Waals surface area contributed by atoms with E-state index in [1.807, 2.05) is 68.6 Å². The molecular weight excluding hydrogens is 763 g/mol. The molecule has 314 valence electrons. The van der Waals surface area contributed by atoms with Crippen LogP contribution in [0, 0.1) is 5.92 Å². The van der Waals surface area contributed by atoms with Gasteiger partial charge in [0.2, 0.25) is 17.7 Å². The molecule has 4 heterocycles. The molecular formula is C43H52F2N8O6. The summed E-state index contributed by atoms with van der Waals surface area (Å²) in [7, 11) is 2.61. The molecule has 2 aliphatic heterocycles. The molecule has 1 aliphatic carbocycles. The quantitative estimate of drug-likeness (QED) is 0.125. The number of carboxylic acid groups (broad SMARTS) is 1. The van der Waals surface area contributed by atoms with Crippen LogP contribution in [-0.2, 0) is 14.3 Å². The van der Waals surface area contributed by atoms with E-state index in [0.717, 1.165) is 45.7 Å². The van der Waals surface area contributed by atoms with E-state index in [-0.39, 0.29) is 43.6 Å². The van der Waals surface area contributed by atoms with Crippen molar-refractivity contribution in [1.82, 2.24) is 40.0 Å². The Labute approximate surface area is 341 Å². The summed E-state index contributed by atoms with van der Waals surface area (Å²) < 4.78 is 33.4. The van der Waals surface area contributed by atoms with E-state index in [2.05, 4.69) is 15.3 Å². The Morgan fingerprint density at radius 3 is 1.85 bits per heavy atom. The van der Waals surface area contributed by atoms with Crippen molar-refractivity contribution in [1.29, 1.82) is 0 Å². The van der Waals surface area contributed by atoms with Crippen molar-refractivity contribution in [3.63, 3.8) is 0 Å². The van der Waals surface area contributed by atoms with Crippen molar-refractivity contribution < 1.29 is 37.8 Å². The van der Waals surface area contributed by atoms with Crippen LogP contribution < -0.4 is 5.32 Å². The second kappa shape index (κ2) is 16.5. The van der Waals surface area contributed by atoms with Gasteiger partial charge in [0.05, 0.1) is 30.6 Å². The highest BCUT2D eigenvalue weighted by Gasteiger charge is 2.55. The van der Waals surface area contributed by atoms with E-state index >= 15 is 0 Å². The monoisotopic (exact) mass is 814 g/mol. The number of alkyl halides is 2. The van der Waals surface area contributed by atoms with E-state index in [1.54, 1.807) is 16.0 Å². The Bertz CT molecular complexity index is 2160. The topological polar surface area (TPSA) is 177 Å². The lowest BCUT2D eigenvalue weighted by molar-refractivity contribution is -0.148. The molecule has 4 aromatic rings. The van der Waals surface area contributed by atoms with Crippen LogP contribution in [0.1, 0.15) is 95.9 Å². The zero-order valence-electron chi connectivity index (χ0n) is 34.0. The van der Waals surface area contributed by atoms with Gasteiger partial charge in [-0.15, -0.1) is 0 Å². The van der Waals surface area contributed by atoms with Crippen molar-refractivity contribution in [3.05, 3.63) is 72.6 Å². The fourth-order valence-electron chi connectivity index (χ4n) is 8.91. The highest BCUT2D eigenvalue weighted by molar-refractivity contribution is 5.87. The first-order chi connectivity index (χ1) is 28.1. The number of halogens is 2. The van der Waals surface area contributed by atoms with Gasteiger partial charge in [0.15, 0.2) is 0 Å². The van der Waals surface area contributed by atoms with Gasteiger partial charge in [-0.25, -0.2) is 28.3 Å². The highest BCUT2D eigenvalue weighted by Crippen LogP contribution is 2.52. The lowest BCUT2D eigenvalue weighted by Gasteiger charge is -2.46. The SMILES string of the molecule is COC(=O)N[C@H](C(=O)N1CCCC1c1nc(-c2ccc(-c3ccc(-c4c[nH]c(C5CCC6(CCC(F)(F)CC6)N5C(=O)[C@H](C)N(C)C(=O)O)n4)cc3)cc2)c[nH]1)C(C)C. The van der Waals surface area contributed by atoms with Crippen LogP contribution in [0.2, 0.25) is 0 Å². The molecule has 2 saturated heterocycles. The number of alkyl carbamates (subject to hydrolysis) is 1. The average molecular weight is 815 g/mol. The minimum Gasteiger partial charge on any atom is -0.465 e. The summed E-state index contributed by atoms with van der Waals surface area (Å²) in [5, 5.41) is 12.3. The second-order valence-corrected chi connectivity index (χ2v) is 16.5. The Kier molecular flexibility index (Phi) is 11.5. The number of carbonyl (C=O) groups is 4. The van der Waals surface area contributed by atoms with Gasteiger partial charge in [-0.3, -0.25) is 14.5 Å². The number of benzene rings is 2. The maximum absolute atomic E-state index is 14.3. The number of hydrogen-bond donors (Lipinski definition) is 4. The number of carbonyl (C=O) groups excluding carboxylic acids is 3. The summed E-state index contributed by atoms with van der Waals surface area (Å²) in [6.07, 6.45) is 4.00. The summed E-state index contributed by atoms with van der Waals surface area (Å²) in [6, 6.07) is 13.5. The van der Waals surface area contributed by atoms with Gasteiger partial charge in [-0.2, -0.15) is 0 Å². The number of likely N-dealkylation sites (tertiary alicyclic amines) is 2. The van der Waals surface area contributed by atoms with Crippen LogP contribution in [0.15, 0.2) is 60.9 Å². The van der Waals surface area contributed by atoms with Crippen molar-refractivity contribution in [2.45, 2.75) is 108 Å². The number of methoxy groups -OCH3 is 1. The summed E-state index contributed by atoms with van der Waals surface area (Å²) >= 11 is 0. The Hall–Kier alpha value is -5.80. The predicted octanol–water partition coefficient (Wildman–Crippen LogP) is 7.79. The summed E-state index contributed by atoms with van der Waals surface area (Å²) in [5.41, 5.74) is 4.36. The number of imidazole rings is 2. The minimum absolute atomic E-state index is 0.127. The number of likely N-dealkylation sites (N-methyl/N-ethyl adjacent to an activating group) is 1. The number of H-pyrrole nitrogens is 2. The van der Waals surface area contributed by atoms with Gasteiger partial charge < -0.3 is 34.9 Å². The summed E-state index contributed by atoms with van der Waals surface area (Å²) in [6.45, 7) is 5.86. The van der Waals surface area contributed by atoms with E-state index in [1.165, 1.54) is 21.1 Å². The Morgan fingerprint density at radius 1 is 0.814 bits per heavy atom. The van der Waals surface area contributed by atoms with Gasteiger partial charge in [0.25, 0.3) is 0 Å². The van der Waals surface area contributed by atoms with Gasteiger partial charge in [-0.05, 0) is 62.5 Å². The molecule has 1 spiro atoms. The lowest BCUT2D eigenvalue weighted by Crippen LogP contribution is -2.57. The van der Waals surface area contributed by atoms with Crippen molar-refractivity contribution >= 4 is 24.0 Å². The predicted molar refractivity (Wildman–Crippen MR) is 215 cm³/mol. The third-order valence-electron chi connectivity index (χ3n) is 12.5. The molecule has 1 saturated carbocycles. The lowest BCUT2D eigenvalue weighted by atomic mass is 9.78. The maximum atomic E-state index is 14.3. The van der Waals surface area contributed by atoms with Gasteiger partial charge in [0, 0.05) is 55.5 Å². The van der Waals surface area contributed by atoms with Gasteiger partial charge in [-0.1, -0.05) is 62.4 Å². The molecule has 2 aromatic heterocycles. The normalized spacial score (nSPS) is 20.7. The van der Waals surface area contributed by atoms with Crippen LogP contribution in [0.3, 0.4) is 0 Å². The molecule has 4 N–H and O–H groups in total. The fraction of sp³-hybridized carbons (Fsp3) is 0.488. The number of amides is 4. The fourth-order valence-corrected chi connectivity index (χ4v) is 8.91. The number of aromatic amines is 2. The first-order valence-electron chi connectivity index (χ1n) is 20.2. The standard InChI is InChI=1S/C43H52F2N8O6/c1-25(2)35(50-40(56)59-5)39(55)52-22-6-7-33(52)36-46-23-31(48-36)29-12-8-27(9-13-29)28-10-14-30(15-11-28)32-24-47-37(49-32)34-16-17-42(18-20-43(44,45)21-19-42)53(34)38(54)26(3)51(4)41(57)58/h8-15,23-26,33-35H,6-7,16-22H2,1-5H3,(H,46,48)(H,47,49)(H,50,56)(H,57,58)/t26-,33?,34?,35-/m0/s1. The van der Waals surface area contributed by atoms with Crippen LogP contribution in [0.4, 0.5) is 18.4 Å². The molecule has 0 radical (unpaired) electrons. The van der Waals surface area contributed by atoms with Crippen molar-refractivity contribution in [2.75, 3.05) is 20.7 Å². The Morgan fingerprint density at radius 2 is 1.34 bits per heavy atom. The van der Waals surface area contributed by atoms with Crippen LogP contribution in [0.25, 0.3) is 33.6 Å². The first kappa shape index (κ1) is 41.4. The zero-order chi connectivity index (χ0) is 42.2. The highest BCUT2D eigenvalue weighted by atomic mass is 19.3. The van der Waals surface area contributed by atoms with Gasteiger partial charge in [0.1, 0.15) is 23.7 Å². The second-order valence-electron chi connectivity index (χ2n) is 16.5. The molecule has 59 heavy (non-hydrogen) atoms. The number of aromatic nitrogens is 4.